The summed E-state index contributed by atoms with van der Waals surface area (Å²) in [5.41, 5.74) is 2.41. The topological polar surface area (TPSA) is 17.8 Å². The molecule has 0 N–H and O–H groups in total. The molecular weight excluding hydrogens is 228 g/mol. The Morgan fingerprint density at radius 1 is 1.24 bits per heavy atom. The van der Waals surface area contributed by atoms with Crippen molar-refractivity contribution in [2.24, 2.45) is 5.92 Å². The third-order valence-corrected chi connectivity index (χ3v) is 3.82. The molecule has 1 aromatic heterocycles. The maximum atomic E-state index is 4.39. The minimum atomic E-state index is 0.754. The van der Waals surface area contributed by atoms with E-state index in [0.717, 1.165) is 17.4 Å². The van der Waals surface area contributed by atoms with Gasteiger partial charge in [0.1, 0.15) is 0 Å². The van der Waals surface area contributed by atoms with Gasteiger partial charge in [-0.25, -0.2) is 4.68 Å². The van der Waals surface area contributed by atoms with Crippen LogP contribution in [0.1, 0.15) is 19.4 Å². The number of benzene rings is 1. The molecule has 0 unspecified atom stereocenters. The van der Waals surface area contributed by atoms with E-state index in [2.05, 4.69) is 37.3 Å². The van der Waals surface area contributed by atoms with Crippen LogP contribution in [-0.4, -0.2) is 15.5 Å². The molecule has 0 aliphatic carbocycles. The van der Waals surface area contributed by atoms with E-state index < -0.39 is 0 Å². The minimum Gasteiger partial charge on any atom is -0.241 e. The molecule has 0 aliphatic heterocycles. The first-order valence-corrected chi connectivity index (χ1v) is 7.08. The average Bonchev–Trinajstić information content (AvgIpc) is 2.78. The second-order valence-corrected chi connectivity index (χ2v) is 5.57. The fourth-order valence-electron chi connectivity index (χ4n) is 1.57. The van der Waals surface area contributed by atoms with Crippen molar-refractivity contribution in [1.29, 1.82) is 0 Å². The highest BCUT2D eigenvalue weighted by atomic mass is 32.2. The fraction of sp³-hybridized carbons (Fsp3) is 0.357. The van der Waals surface area contributed by atoms with Crippen LogP contribution in [0.5, 0.6) is 0 Å². The number of para-hydroxylation sites is 1. The van der Waals surface area contributed by atoms with Gasteiger partial charge in [0.15, 0.2) is 0 Å². The lowest BCUT2D eigenvalue weighted by Gasteiger charge is -2.02. The molecule has 1 heterocycles. The van der Waals surface area contributed by atoms with Gasteiger partial charge in [0.25, 0.3) is 0 Å². The Balaban J connectivity index is 1.97. The van der Waals surface area contributed by atoms with Crippen LogP contribution < -0.4 is 0 Å². The van der Waals surface area contributed by atoms with Crippen LogP contribution in [0.25, 0.3) is 5.69 Å². The maximum absolute atomic E-state index is 4.39. The van der Waals surface area contributed by atoms with Crippen molar-refractivity contribution in [3.63, 3.8) is 0 Å². The van der Waals surface area contributed by atoms with Crippen LogP contribution >= 0.6 is 11.8 Å². The standard InChI is InChI=1S/C14H18N2S/c1-12(2)10-17-11-13-8-15-16(9-13)14-6-4-3-5-7-14/h3-9,12H,10-11H2,1-2H3. The molecule has 0 aliphatic rings. The molecule has 0 radical (unpaired) electrons. The van der Waals surface area contributed by atoms with Gasteiger partial charge in [-0.05, 0) is 23.8 Å². The first-order chi connectivity index (χ1) is 8.25. The van der Waals surface area contributed by atoms with Crippen LogP contribution in [0, 0.1) is 5.92 Å². The van der Waals surface area contributed by atoms with Gasteiger partial charge in [-0.3, -0.25) is 0 Å². The van der Waals surface area contributed by atoms with Gasteiger partial charge in [0.2, 0.25) is 0 Å². The molecule has 17 heavy (non-hydrogen) atoms. The number of hydrogen-bond donors (Lipinski definition) is 0. The van der Waals surface area contributed by atoms with Crippen molar-refractivity contribution in [3.8, 4) is 5.69 Å². The molecular formula is C14H18N2S. The van der Waals surface area contributed by atoms with Crippen LogP contribution in [-0.2, 0) is 5.75 Å². The summed E-state index contributed by atoms with van der Waals surface area (Å²) in [4.78, 5) is 0. The predicted octanol–water partition coefficient (Wildman–Crippen LogP) is 3.76. The quantitative estimate of drug-likeness (QED) is 0.799. The van der Waals surface area contributed by atoms with Crippen LogP contribution in [0.2, 0.25) is 0 Å². The third-order valence-electron chi connectivity index (χ3n) is 2.38. The molecule has 2 aromatic rings. The highest BCUT2D eigenvalue weighted by molar-refractivity contribution is 7.98. The molecule has 0 amide bonds. The highest BCUT2D eigenvalue weighted by Gasteiger charge is 2.01. The van der Waals surface area contributed by atoms with E-state index in [1.165, 1.54) is 11.3 Å². The van der Waals surface area contributed by atoms with Gasteiger partial charge in [0.05, 0.1) is 11.9 Å². The largest absolute Gasteiger partial charge is 0.241 e. The minimum absolute atomic E-state index is 0.754. The molecule has 0 saturated carbocycles. The number of hydrogen-bond acceptors (Lipinski definition) is 2. The molecule has 90 valence electrons. The number of nitrogens with zero attached hydrogens (tertiary/aromatic N) is 2. The zero-order chi connectivity index (χ0) is 12.1. The monoisotopic (exact) mass is 246 g/mol. The van der Waals surface area contributed by atoms with Gasteiger partial charge in [0, 0.05) is 17.5 Å². The van der Waals surface area contributed by atoms with Crippen molar-refractivity contribution in [1.82, 2.24) is 9.78 Å². The van der Waals surface area contributed by atoms with Gasteiger partial charge >= 0.3 is 0 Å². The van der Waals surface area contributed by atoms with Crippen molar-refractivity contribution >= 4 is 11.8 Å². The normalized spacial score (nSPS) is 11.0. The number of aromatic nitrogens is 2. The van der Waals surface area contributed by atoms with E-state index in [1.54, 1.807) is 0 Å². The molecule has 2 nitrogen and oxygen atoms in total. The van der Waals surface area contributed by atoms with Crippen molar-refractivity contribution in [3.05, 3.63) is 48.3 Å². The third kappa shape index (κ3) is 3.63. The summed E-state index contributed by atoms with van der Waals surface area (Å²) in [7, 11) is 0. The lowest BCUT2D eigenvalue weighted by atomic mass is 10.3. The van der Waals surface area contributed by atoms with Crippen LogP contribution in [0.15, 0.2) is 42.7 Å². The molecule has 0 fully saturated rings. The zero-order valence-electron chi connectivity index (χ0n) is 10.3. The van der Waals surface area contributed by atoms with E-state index in [0.29, 0.717) is 0 Å². The van der Waals surface area contributed by atoms with Gasteiger partial charge < -0.3 is 0 Å². The Morgan fingerprint density at radius 2 is 2.00 bits per heavy atom. The van der Waals surface area contributed by atoms with Gasteiger partial charge in [-0.15, -0.1) is 0 Å². The number of rotatable bonds is 5. The SMILES string of the molecule is CC(C)CSCc1cnn(-c2ccccc2)c1. The summed E-state index contributed by atoms with van der Waals surface area (Å²) in [5, 5.41) is 4.39. The average molecular weight is 246 g/mol. The van der Waals surface area contributed by atoms with E-state index in [9.17, 15) is 0 Å². The fourth-order valence-corrected chi connectivity index (χ4v) is 2.54. The summed E-state index contributed by atoms with van der Waals surface area (Å²) < 4.78 is 1.94. The summed E-state index contributed by atoms with van der Waals surface area (Å²) in [6, 6.07) is 10.2. The molecule has 3 heteroatoms. The van der Waals surface area contributed by atoms with E-state index in [1.807, 2.05) is 40.8 Å². The Hall–Kier alpha value is -1.22. The summed E-state index contributed by atoms with van der Waals surface area (Å²) in [6.45, 7) is 4.50. The Morgan fingerprint density at radius 3 is 2.71 bits per heavy atom. The van der Waals surface area contributed by atoms with E-state index in [-0.39, 0.29) is 0 Å². The molecule has 0 bridgehead atoms. The lowest BCUT2D eigenvalue weighted by Crippen LogP contribution is -1.93. The molecule has 1 aromatic carbocycles. The molecule has 2 rings (SSSR count). The smallest absolute Gasteiger partial charge is 0.0645 e. The van der Waals surface area contributed by atoms with Crippen LogP contribution in [0.4, 0.5) is 0 Å². The van der Waals surface area contributed by atoms with Crippen molar-refractivity contribution in [2.45, 2.75) is 19.6 Å². The van der Waals surface area contributed by atoms with Crippen molar-refractivity contribution < 1.29 is 0 Å². The summed E-state index contributed by atoms with van der Waals surface area (Å²) in [6.07, 6.45) is 4.07. The maximum Gasteiger partial charge on any atom is 0.0645 e. The zero-order valence-corrected chi connectivity index (χ0v) is 11.2. The predicted molar refractivity (Wildman–Crippen MR) is 74.6 cm³/mol. The first kappa shape index (κ1) is 12.2. The Kier molecular flexibility index (Phi) is 4.26. The van der Waals surface area contributed by atoms with Crippen molar-refractivity contribution in [2.75, 3.05) is 5.75 Å². The number of thioether (sulfide) groups is 1. The second-order valence-electron chi connectivity index (χ2n) is 4.54. The van der Waals surface area contributed by atoms with E-state index in [4.69, 9.17) is 0 Å². The summed E-state index contributed by atoms with van der Waals surface area (Å²) >= 11 is 1.97. The second kappa shape index (κ2) is 5.92. The molecule has 0 saturated heterocycles. The van der Waals surface area contributed by atoms with Gasteiger partial charge in [-0.2, -0.15) is 16.9 Å². The van der Waals surface area contributed by atoms with Gasteiger partial charge in [-0.1, -0.05) is 32.0 Å². The molecule has 0 atom stereocenters. The molecule has 0 spiro atoms. The Bertz CT molecular complexity index is 448. The first-order valence-electron chi connectivity index (χ1n) is 5.92. The van der Waals surface area contributed by atoms with E-state index >= 15 is 0 Å². The highest BCUT2D eigenvalue weighted by Crippen LogP contribution is 2.16. The summed E-state index contributed by atoms with van der Waals surface area (Å²) in [5.74, 6) is 3.01. The van der Waals surface area contributed by atoms with Crippen LogP contribution in [0.3, 0.4) is 0 Å². The Labute approximate surface area is 107 Å². The lowest BCUT2D eigenvalue weighted by molar-refractivity contribution is 0.750.